The minimum absolute atomic E-state index is 0.0190. The second-order valence-corrected chi connectivity index (χ2v) is 11.1. The standard InChI is InChI=1S/C28H34BNO6/c1-28-12-11-22-21-9-6-19(29(32)33)13-17(21)5-8-23(22)27(28)18(15-36-28)3-2-4-26(31)30-20-7-10-24-25(14-20)35-16-34-24/h6-7,9-10,13-14,18,22-23,27,32-33H,2-5,8,11-12,15-16H2,1H3,(H,30,31)/t18-,22?,23?,27?,28-/m0/s1. The van der Waals surface area contributed by atoms with Gasteiger partial charge < -0.3 is 29.6 Å². The van der Waals surface area contributed by atoms with Crippen LogP contribution < -0.4 is 20.3 Å². The Morgan fingerprint density at radius 3 is 2.86 bits per heavy atom. The summed E-state index contributed by atoms with van der Waals surface area (Å²) in [6, 6.07) is 11.4. The third-order valence-corrected chi connectivity index (χ3v) is 9.02. The van der Waals surface area contributed by atoms with Crippen molar-refractivity contribution in [2.75, 3.05) is 18.7 Å². The van der Waals surface area contributed by atoms with Crippen LogP contribution in [-0.4, -0.2) is 42.1 Å². The van der Waals surface area contributed by atoms with Crippen molar-refractivity contribution in [2.24, 2.45) is 17.8 Å². The Balaban J connectivity index is 1.09. The van der Waals surface area contributed by atoms with E-state index in [-0.39, 0.29) is 18.3 Å². The number of anilines is 1. The molecule has 2 aromatic carbocycles. The molecule has 7 nitrogen and oxygen atoms in total. The van der Waals surface area contributed by atoms with Gasteiger partial charge in [0.05, 0.1) is 12.2 Å². The lowest BCUT2D eigenvalue weighted by Crippen LogP contribution is -2.47. The zero-order valence-electron chi connectivity index (χ0n) is 20.7. The number of carbonyl (C=O) groups excluding carboxylic acids is 1. The number of fused-ring (bicyclic) bond motifs is 6. The Kier molecular flexibility index (Phi) is 6.22. The summed E-state index contributed by atoms with van der Waals surface area (Å²) in [5, 5.41) is 22.2. The molecule has 1 saturated carbocycles. The van der Waals surface area contributed by atoms with Crippen LogP contribution in [0.4, 0.5) is 5.69 Å². The molecule has 2 fully saturated rings. The van der Waals surface area contributed by atoms with E-state index in [1.807, 2.05) is 30.3 Å². The van der Waals surface area contributed by atoms with E-state index in [0.29, 0.717) is 47.1 Å². The first-order valence-electron chi connectivity index (χ1n) is 13.2. The van der Waals surface area contributed by atoms with E-state index in [1.54, 1.807) is 0 Å². The minimum Gasteiger partial charge on any atom is -0.454 e. The molecule has 2 aromatic rings. The van der Waals surface area contributed by atoms with E-state index in [9.17, 15) is 14.8 Å². The van der Waals surface area contributed by atoms with Crippen molar-refractivity contribution in [1.29, 1.82) is 0 Å². The maximum Gasteiger partial charge on any atom is 0.488 e. The molecule has 0 bridgehead atoms. The first kappa shape index (κ1) is 23.8. The van der Waals surface area contributed by atoms with Crippen LogP contribution in [-0.2, 0) is 16.0 Å². The maximum atomic E-state index is 12.6. The highest BCUT2D eigenvalue weighted by molar-refractivity contribution is 6.58. The second kappa shape index (κ2) is 9.40. The molecule has 8 heteroatoms. The molecule has 5 atom stereocenters. The molecule has 3 unspecified atom stereocenters. The summed E-state index contributed by atoms with van der Waals surface area (Å²) in [4.78, 5) is 12.6. The van der Waals surface area contributed by atoms with Crippen molar-refractivity contribution >= 4 is 24.2 Å². The van der Waals surface area contributed by atoms with E-state index >= 15 is 0 Å². The van der Waals surface area contributed by atoms with Crippen molar-refractivity contribution in [3.05, 3.63) is 47.5 Å². The molecule has 0 radical (unpaired) electrons. The Hall–Kier alpha value is -2.55. The van der Waals surface area contributed by atoms with Crippen molar-refractivity contribution in [3.63, 3.8) is 0 Å². The lowest BCUT2D eigenvalue weighted by Gasteiger charge is -2.49. The van der Waals surface area contributed by atoms with E-state index in [0.717, 1.165) is 50.8 Å². The van der Waals surface area contributed by atoms with E-state index < -0.39 is 7.12 Å². The van der Waals surface area contributed by atoms with Crippen molar-refractivity contribution in [2.45, 2.75) is 63.4 Å². The first-order valence-corrected chi connectivity index (χ1v) is 13.2. The van der Waals surface area contributed by atoms with E-state index in [1.165, 1.54) is 11.1 Å². The predicted molar refractivity (Wildman–Crippen MR) is 136 cm³/mol. The van der Waals surface area contributed by atoms with Crippen LogP contribution in [0.25, 0.3) is 0 Å². The fourth-order valence-corrected chi connectivity index (χ4v) is 7.38. The summed E-state index contributed by atoms with van der Waals surface area (Å²) in [5.74, 6) is 3.40. The van der Waals surface area contributed by atoms with E-state index in [4.69, 9.17) is 14.2 Å². The topological polar surface area (TPSA) is 97.3 Å². The molecule has 2 aliphatic carbocycles. The molecule has 4 aliphatic rings. The molecule has 36 heavy (non-hydrogen) atoms. The van der Waals surface area contributed by atoms with Crippen LogP contribution in [0, 0.1) is 17.8 Å². The van der Waals surface area contributed by atoms with Gasteiger partial charge in [0.15, 0.2) is 11.5 Å². The Labute approximate surface area is 212 Å². The summed E-state index contributed by atoms with van der Waals surface area (Å²) in [6.45, 7) is 3.29. The second-order valence-electron chi connectivity index (χ2n) is 11.1. The van der Waals surface area contributed by atoms with Gasteiger partial charge in [0, 0.05) is 18.2 Å². The highest BCUT2D eigenvalue weighted by Gasteiger charge is 2.55. The van der Waals surface area contributed by atoms with Gasteiger partial charge in [-0.25, -0.2) is 0 Å². The lowest BCUT2D eigenvalue weighted by atomic mass is 9.56. The minimum atomic E-state index is -1.42. The molecule has 6 rings (SSSR count). The maximum absolute atomic E-state index is 12.6. The smallest absolute Gasteiger partial charge is 0.454 e. The third kappa shape index (κ3) is 4.29. The monoisotopic (exact) mass is 491 g/mol. The molecule has 2 heterocycles. The molecular formula is C28H34BNO6. The summed E-state index contributed by atoms with van der Waals surface area (Å²) < 4.78 is 17.2. The lowest BCUT2D eigenvalue weighted by molar-refractivity contribution is -0.116. The number of rotatable bonds is 6. The molecule has 1 amide bonds. The molecule has 3 N–H and O–H groups in total. The third-order valence-electron chi connectivity index (χ3n) is 9.02. The molecule has 2 aliphatic heterocycles. The van der Waals surface area contributed by atoms with Gasteiger partial charge in [-0.2, -0.15) is 0 Å². The summed E-state index contributed by atoms with van der Waals surface area (Å²) in [6.07, 6.45) is 6.53. The normalized spacial score (nSPS) is 29.8. The number of amides is 1. The van der Waals surface area contributed by atoms with Crippen LogP contribution in [0.15, 0.2) is 36.4 Å². The Bertz CT molecular complexity index is 1150. The number of ether oxygens (including phenoxy) is 3. The molecule has 0 spiro atoms. The number of nitrogens with one attached hydrogen (secondary N) is 1. The highest BCUT2D eigenvalue weighted by Crippen LogP contribution is 2.58. The van der Waals surface area contributed by atoms with Gasteiger partial charge in [-0.1, -0.05) is 18.2 Å². The van der Waals surface area contributed by atoms with Crippen LogP contribution in [0.3, 0.4) is 0 Å². The zero-order chi connectivity index (χ0) is 24.9. The number of aryl methyl sites for hydroxylation is 1. The number of hydrogen-bond donors (Lipinski definition) is 3. The summed E-state index contributed by atoms with van der Waals surface area (Å²) >= 11 is 0. The van der Waals surface area contributed by atoms with Crippen molar-refractivity contribution in [3.8, 4) is 11.5 Å². The molecule has 190 valence electrons. The van der Waals surface area contributed by atoms with Crippen molar-refractivity contribution in [1.82, 2.24) is 0 Å². The number of carbonyl (C=O) groups is 1. The van der Waals surface area contributed by atoms with Gasteiger partial charge in [-0.05, 0) is 97.8 Å². The highest BCUT2D eigenvalue weighted by atomic mass is 16.7. The van der Waals surface area contributed by atoms with Crippen LogP contribution in [0.5, 0.6) is 11.5 Å². The predicted octanol–water partition coefficient (Wildman–Crippen LogP) is 3.37. The van der Waals surface area contributed by atoms with Gasteiger partial charge in [-0.15, -0.1) is 0 Å². The fourth-order valence-electron chi connectivity index (χ4n) is 7.38. The average molecular weight is 491 g/mol. The van der Waals surface area contributed by atoms with Crippen LogP contribution in [0.2, 0.25) is 0 Å². The quantitative estimate of drug-likeness (QED) is 0.537. The molecule has 0 aromatic heterocycles. The SMILES string of the molecule is C[C@]12CCC3c4ccc(B(O)O)cc4CCC3C1[C@@H](CCCC(=O)Nc1ccc3c(c1)OCO3)CO2. The van der Waals surface area contributed by atoms with Gasteiger partial charge >= 0.3 is 7.12 Å². The average Bonchev–Trinajstić information content (AvgIpc) is 3.47. The van der Waals surface area contributed by atoms with Gasteiger partial charge in [0.25, 0.3) is 0 Å². The Morgan fingerprint density at radius 2 is 2.00 bits per heavy atom. The van der Waals surface area contributed by atoms with Gasteiger partial charge in [0.2, 0.25) is 12.7 Å². The number of hydrogen-bond acceptors (Lipinski definition) is 6. The van der Waals surface area contributed by atoms with Crippen LogP contribution >= 0.6 is 0 Å². The van der Waals surface area contributed by atoms with E-state index in [2.05, 4.69) is 18.3 Å². The molecule has 1 saturated heterocycles. The van der Waals surface area contributed by atoms with Gasteiger partial charge in [-0.3, -0.25) is 4.79 Å². The van der Waals surface area contributed by atoms with Crippen molar-refractivity contribution < 1.29 is 29.1 Å². The largest absolute Gasteiger partial charge is 0.488 e. The fraction of sp³-hybridized carbons (Fsp3) is 0.536. The first-order chi connectivity index (χ1) is 17.4. The molecular weight excluding hydrogens is 457 g/mol. The van der Waals surface area contributed by atoms with Gasteiger partial charge in [0.1, 0.15) is 0 Å². The summed E-state index contributed by atoms with van der Waals surface area (Å²) in [5.41, 5.74) is 3.87. The number of benzene rings is 2. The summed E-state index contributed by atoms with van der Waals surface area (Å²) in [7, 11) is -1.42. The zero-order valence-corrected chi connectivity index (χ0v) is 20.7. The Morgan fingerprint density at radius 1 is 1.14 bits per heavy atom. The van der Waals surface area contributed by atoms with Crippen LogP contribution in [0.1, 0.15) is 62.5 Å².